The maximum absolute atomic E-state index is 11.3. The molecule has 1 aromatic carbocycles. The zero-order valence-electron chi connectivity index (χ0n) is 11.4. The smallest absolute Gasteiger partial charge is 0.337 e. The monoisotopic (exact) mass is 281 g/mol. The maximum atomic E-state index is 11.3. The van der Waals surface area contributed by atoms with Crippen LogP contribution in [-0.2, 0) is 14.9 Å². The highest BCUT2D eigenvalue weighted by molar-refractivity contribution is 7.80. The Morgan fingerprint density at radius 3 is 2.16 bits per heavy atom. The molecule has 1 aliphatic heterocycles. The van der Waals surface area contributed by atoms with E-state index >= 15 is 0 Å². The summed E-state index contributed by atoms with van der Waals surface area (Å²) >= 11 is 5.08. The summed E-state index contributed by atoms with van der Waals surface area (Å²) in [6.45, 7) is 5.00. The van der Waals surface area contributed by atoms with Gasteiger partial charge in [-0.25, -0.2) is 4.79 Å². The van der Waals surface area contributed by atoms with Gasteiger partial charge in [0.1, 0.15) is 0 Å². The average molecular weight is 281 g/mol. The quantitative estimate of drug-likeness (QED) is 0.678. The molecule has 0 amide bonds. The van der Waals surface area contributed by atoms with E-state index in [9.17, 15) is 4.79 Å². The van der Waals surface area contributed by atoms with Crippen molar-refractivity contribution in [1.29, 1.82) is 0 Å². The number of benzene rings is 1. The van der Waals surface area contributed by atoms with Crippen LogP contribution in [0.15, 0.2) is 24.3 Å². The van der Waals surface area contributed by atoms with Crippen molar-refractivity contribution in [3.05, 3.63) is 35.4 Å². The highest BCUT2D eigenvalue weighted by Crippen LogP contribution is 2.32. The Kier molecular flexibility index (Phi) is 5.44. The molecule has 1 aromatic rings. The van der Waals surface area contributed by atoms with E-state index in [1.54, 1.807) is 12.1 Å². The molecule has 2 rings (SSSR count). The van der Waals surface area contributed by atoms with Gasteiger partial charge in [0.2, 0.25) is 0 Å². The van der Waals surface area contributed by atoms with E-state index in [1.165, 1.54) is 7.11 Å². The van der Waals surface area contributed by atoms with Gasteiger partial charge >= 0.3 is 5.97 Å². The maximum Gasteiger partial charge on any atom is 0.337 e. The Bertz CT molecular complexity index is 452. The number of hydrogen-bond donors (Lipinski definition) is 1. The van der Waals surface area contributed by atoms with Crippen LogP contribution in [0.3, 0.4) is 0 Å². The summed E-state index contributed by atoms with van der Waals surface area (Å²) in [4.78, 5) is 11.7. The van der Waals surface area contributed by atoms with E-state index in [1.807, 2.05) is 26.0 Å². The second-order valence-electron chi connectivity index (χ2n) is 4.01. The van der Waals surface area contributed by atoms with Crippen molar-refractivity contribution >= 4 is 23.2 Å². The Morgan fingerprint density at radius 1 is 1.32 bits per heavy atom. The molecule has 1 saturated heterocycles. The van der Waals surface area contributed by atoms with Gasteiger partial charge in [0.25, 0.3) is 0 Å². The summed E-state index contributed by atoms with van der Waals surface area (Å²) in [7, 11) is 1.35. The predicted molar refractivity (Wildman–Crippen MR) is 78.4 cm³/mol. The molecule has 0 bridgehead atoms. The third-order valence-corrected chi connectivity index (χ3v) is 3.42. The molecule has 0 saturated carbocycles. The van der Waals surface area contributed by atoms with Crippen LogP contribution in [0.2, 0.25) is 0 Å². The van der Waals surface area contributed by atoms with Crippen molar-refractivity contribution in [3.63, 3.8) is 0 Å². The van der Waals surface area contributed by atoms with Crippen LogP contribution in [0.25, 0.3) is 0 Å². The molecule has 104 valence electrons. The van der Waals surface area contributed by atoms with E-state index in [-0.39, 0.29) is 11.4 Å². The van der Waals surface area contributed by atoms with Crippen molar-refractivity contribution in [3.8, 4) is 0 Å². The number of carbonyl (C=O) groups is 1. The molecule has 2 N–H and O–H groups in total. The van der Waals surface area contributed by atoms with Crippen molar-refractivity contribution in [2.45, 2.75) is 19.3 Å². The number of hydrogen-bond acceptors (Lipinski definition) is 4. The molecule has 5 heteroatoms. The fourth-order valence-electron chi connectivity index (χ4n) is 1.80. The first kappa shape index (κ1) is 15.6. The summed E-state index contributed by atoms with van der Waals surface area (Å²) < 4.78 is 9.83. The van der Waals surface area contributed by atoms with Crippen LogP contribution in [-0.4, -0.2) is 31.3 Å². The number of nitrogens with two attached hydrogens (primary N) is 1. The molecule has 1 fully saturated rings. The average Bonchev–Trinajstić information content (AvgIpc) is 2.39. The number of thiocarbonyl (C=S) groups is 1. The largest absolute Gasteiger partial charge is 0.465 e. The van der Waals surface area contributed by atoms with Gasteiger partial charge in [-0.2, -0.15) is 0 Å². The van der Waals surface area contributed by atoms with Crippen LogP contribution < -0.4 is 5.73 Å². The number of carbonyl (C=O) groups excluding carboxylic acids is 1. The fraction of sp³-hybridized carbons (Fsp3) is 0.429. The SMILES string of the molecule is CC.COC(=O)c1ccc(C2(C(N)=S)COC2)cc1. The highest BCUT2D eigenvalue weighted by atomic mass is 32.1. The molecular weight excluding hydrogens is 262 g/mol. The zero-order valence-corrected chi connectivity index (χ0v) is 12.3. The second-order valence-corrected chi connectivity index (χ2v) is 4.45. The molecule has 0 atom stereocenters. The minimum atomic E-state index is -0.371. The third-order valence-electron chi connectivity index (χ3n) is 3.03. The molecule has 0 radical (unpaired) electrons. The Hall–Kier alpha value is -1.46. The van der Waals surface area contributed by atoms with Crippen LogP contribution in [0.4, 0.5) is 0 Å². The Morgan fingerprint density at radius 2 is 1.84 bits per heavy atom. The van der Waals surface area contributed by atoms with Gasteiger partial charge in [0.15, 0.2) is 0 Å². The standard InChI is InChI=1S/C12H13NO3S.C2H6/c1-15-10(14)8-2-4-9(5-3-8)12(11(13)17)6-16-7-12;1-2/h2-5H,6-7H2,1H3,(H2,13,17);1-2H3. The van der Waals surface area contributed by atoms with Gasteiger partial charge < -0.3 is 15.2 Å². The van der Waals surface area contributed by atoms with Crippen molar-refractivity contribution in [2.75, 3.05) is 20.3 Å². The lowest BCUT2D eigenvalue weighted by atomic mass is 9.78. The lowest BCUT2D eigenvalue weighted by molar-refractivity contribution is -0.0225. The van der Waals surface area contributed by atoms with E-state index in [0.29, 0.717) is 23.8 Å². The van der Waals surface area contributed by atoms with Crippen LogP contribution >= 0.6 is 12.2 Å². The topological polar surface area (TPSA) is 61.5 Å². The molecule has 4 nitrogen and oxygen atoms in total. The van der Waals surface area contributed by atoms with Crippen LogP contribution in [0.1, 0.15) is 29.8 Å². The number of methoxy groups -OCH3 is 1. The van der Waals surface area contributed by atoms with Crippen molar-refractivity contribution in [1.82, 2.24) is 0 Å². The van der Waals surface area contributed by atoms with Gasteiger partial charge in [-0.1, -0.05) is 38.2 Å². The summed E-state index contributed by atoms with van der Waals surface area (Å²) in [5, 5.41) is 0. The minimum Gasteiger partial charge on any atom is -0.465 e. The van der Waals surface area contributed by atoms with E-state index in [4.69, 9.17) is 22.7 Å². The first-order valence-electron chi connectivity index (χ1n) is 6.17. The number of esters is 1. The molecule has 0 aromatic heterocycles. The third kappa shape index (κ3) is 2.93. The molecule has 19 heavy (non-hydrogen) atoms. The van der Waals surface area contributed by atoms with Crippen LogP contribution in [0, 0.1) is 0 Å². The molecule has 1 heterocycles. The summed E-state index contributed by atoms with van der Waals surface area (Å²) in [5.74, 6) is -0.356. The molecular formula is C14H19NO3S. The summed E-state index contributed by atoms with van der Waals surface area (Å²) in [6, 6.07) is 7.10. The highest BCUT2D eigenvalue weighted by Gasteiger charge is 2.43. The summed E-state index contributed by atoms with van der Waals surface area (Å²) in [5.41, 5.74) is 6.86. The normalized spacial score (nSPS) is 15.5. The lowest BCUT2D eigenvalue weighted by Gasteiger charge is -2.40. The molecule has 0 unspecified atom stereocenters. The van der Waals surface area contributed by atoms with Gasteiger partial charge in [-0.15, -0.1) is 0 Å². The van der Waals surface area contributed by atoms with E-state index < -0.39 is 0 Å². The van der Waals surface area contributed by atoms with Crippen molar-refractivity contribution < 1.29 is 14.3 Å². The molecule has 0 spiro atoms. The fourth-order valence-corrected chi connectivity index (χ4v) is 2.04. The van der Waals surface area contributed by atoms with Crippen LogP contribution in [0.5, 0.6) is 0 Å². The van der Waals surface area contributed by atoms with Gasteiger partial charge in [0.05, 0.1) is 36.3 Å². The number of ether oxygens (including phenoxy) is 2. The van der Waals surface area contributed by atoms with E-state index in [2.05, 4.69) is 4.74 Å². The van der Waals surface area contributed by atoms with Gasteiger partial charge in [0, 0.05) is 0 Å². The van der Waals surface area contributed by atoms with E-state index in [0.717, 1.165) is 5.56 Å². The first-order valence-corrected chi connectivity index (χ1v) is 6.57. The van der Waals surface area contributed by atoms with Gasteiger partial charge in [-0.05, 0) is 17.7 Å². The van der Waals surface area contributed by atoms with Gasteiger partial charge in [-0.3, -0.25) is 0 Å². The molecule has 0 aliphatic carbocycles. The summed E-state index contributed by atoms with van der Waals surface area (Å²) in [6.07, 6.45) is 0. The number of rotatable bonds is 3. The zero-order chi connectivity index (χ0) is 14.5. The predicted octanol–water partition coefficient (Wildman–Crippen LogP) is 2.05. The Balaban J connectivity index is 0.000000861. The Labute approximate surface area is 118 Å². The lowest BCUT2D eigenvalue weighted by Crippen LogP contribution is -2.55. The molecule has 1 aliphatic rings. The second kappa shape index (κ2) is 6.63. The first-order chi connectivity index (χ1) is 9.10. The van der Waals surface area contributed by atoms with Crippen molar-refractivity contribution in [2.24, 2.45) is 5.73 Å². The minimum absolute atomic E-state index is 0.356.